The van der Waals surface area contributed by atoms with E-state index in [0.717, 1.165) is 0 Å². The zero-order chi connectivity index (χ0) is 7.56. The first-order valence-electron chi connectivity index (χ1n) is 2.85. The molecule has 1 amide bonds. The van der Waals surface area contributed by atoms with Crippen LogP contribution in [0.25, 0.3) is 0 Å². The highest BCUT2D eigenvalue weighted by Crippen LogP contribution is 1.88. The first kappa shape index (κ1) is 6.67. The van der Waals surface area contributed by atoms with Gasteiger partial charge in [-0.05, 0) is 4.98 Å². The highest BCUT2D eigenvalue weighted by atomic mass is 16.1. The molecule has 0 atom stereocenters. The van der Waals surface area contributed by atoms with Gasteiger partial charge in [0.25, 0.3) is 11.7 Å². The molecular formula is C6H8N3O+. The van der Waals surface area contributed by atoms with Gasteiger partial charge >= 0.3 is 0 Å². The maximum absolute atomic E-state index is 10.5. The second-order valence-corrected chi connectivity index (χ2v) is 1.92. The number of hydrogen-bond donors (Lipinski definition) is 1. The summed E-state index contributed by atoms with van der Waals surface area (Å²) in [6, 6.07) is 1.54. The van der Waals surface area contributed by atoms with E-state index in [9.17, 15) is 4.79 Å². The van der Waals surface area contributed by atoms with Crippen LogP contribution in [-0.2, 0) is 0 Å². The minimum Gasteiger partial charge on any atom is -0.362 e. The summed E-state index contributed by atoms with van der Waals surface area (Å²) >= 11 is 0. The fraction of sp³-hybridized carbons (Fsp3) is 0.167. The molecule has 4 nitrogen and oxygen atoms in total. The lowest BCUT2D eigenvalue weighted by atomic mass is 10.4. The van der Waals surface area contributed by atoms with E-state index in [4.69, 9.17) is 5.73 Å². The van der Waals surface area contributed by atoms with Crippen LogP contribution in [0.15, 0.2) is 12.3 Å². The number of rotatable bonds is 1. The molecule has 0 saturated carbocycles. The number of nitrogens with two attached hydrogens (primary N) is 1. The van der Waals surface area contributed by atoms with Gasteiger partial charge in [0.2, 0.25) is 5.69 Å². The summed E-state index contributed by atoms with van der Waals surface area (Å²) in [6.07, 6.45) is 1.63. The highest BCUT2D eigenvalue weighted by molar-refractivity contribution is 5.90. The fourth-order valence-corrected chi connectivity index (χ4v) is 0.629. The van der Waals surface area contributed by atoms with Gasteiger partial charge in [0, 0.05) is 13.0 Å². The van der Waals surface area contributed by atoms with Crippen molar-refractivity contribution in [2.45, 2.75) is 6.92 Å². The van der Waals surface area contributed by atoms with Crippen LogP contribution in [0, 0.1) is 6.92 Å². The number of aromatic amines is 1. The summed E-state index contributed by atoms with van der Waals surface area (Å²) in [5.41, 5.74) is 5.26. The molecule has 0 spiro atoms. The maximum atomic E-state index is 10.5. The second kappa shape index (κ2) is 2.43. The molecule has 3 N–H and O–H groups in total. The number of carbonyl (C=O) groups is 1. The second-order valence-electron chi connectivity index (χ2n) is 1.92. The molecule has 0 aromatic carbocycles. The zero-order valence-electron chi connectivity index (χ0n) is 5.59. The topological polar surface area (TPSA) is 70.1 Å². The first-order valence-corrected chi connectivity index (χ1v) is 2.85. The number of hydrogen-bond acceptors (Lipinski definition) is 2. The predicted molar refractivity (Wildman–Crippen MR) is 34.0 cm³/mol. The van der Waals surface area contributed by atoms with Crippen molar-refractivity contribution in [1.82, 2.24) is 4.98 Å². The van der Waals surface area contributed by atoms with E-state index in [1.165, 1.54) is 6.07 Å². The average molecular weight is 138 g/mol. The number of amides is 1. The molecule has 0 aliphatic carbocycles. The minimum atomic E-state index is -0.503. The molecule has 4 heteroatoms. The molecule has 0 fully saturated rings. The normalized spacial score (nSPS) is 9.30. The molecule has 0 unspecified atom stereocenters. The number of H-pyrrole nitrogens is 1. The van der Waals surface area contributed by atoms with E-state index in [2.05, 4.69) is 9.97 Å². The molecule has 0 aliphatic heterocycles. The molecule has 1 aromatic rings. The Balaban J connectivity index is 3.07. The van der Waals surface area contributed by atoms with Crippen LogP contribution >= 0.6 is 0 Å². The van der Waals surface area contributed by atoms with Gasteiger partial charge < -0.3 is 5.73 Å². The van der Waals surface area contributed by atoms with Gasteiger partial charge in [0.15, 0.2) is 0 Å². The van der Waals surface area contributed by atoms with Crippen LogP contribution in [0.5, 0.6) is 0 Å². The standard InChI is InChI=1S/C6H7N3O/c1-4-8-3-2-5(9-4)6(7)10/h2-3H,1H3,(H2,7,10)/p+1. The Bertz CT molecular complexity index is 259. The lowest BCUT2D eigenvalue weighted by molar-refractivity contribution is -0.392. The van der Waals surface area contributed by atoms with Gasteiger partial charge in [-0.3, -0.25) is 4.79 Å². The SMILES string of the molecule is Cc1nc(C(N)=O)cc[nH+]1. The molecule has 52 valence electrons. The molecule has 1 rings (SSSR count). The third kappa shape index (κ3) is 1.28. The molecule has 0 saturated heterocycles. The Morgan fingerprint density at radius 1 is 1.80 bits per heavy atom. The average Bonchev–Trinajstić information content (AvgIpc) is 1.88. The van der Waals surface area contributed by atoms with E-state index in [1.54, 1.807) is 13.1 Å². The Hall–Kier alpha value is -1.45. The van der Waals surface area contributed by atoms with Crippen molar-refractivity contribution >= 4 is 5.91 Å². The fourth-order valence-electron chi connectivity index (χ4n) is 0.629. The van der Waals surface area contributed by atoms with Gasteiger partial charge in [0.05, 0.1) is 6.20 Å². The largest absolute Gasteiger partial charge is 0.362 e. The van der Waals surface area contributed by atoms with Crippen molar-refractivity contribution < 1.29 is 9.78 Å². The Labute approximate surface area is 58.1 Å². The quantitative estimate of drug-likeness (QED) is 0.557. The third-order valence-electron chi connectivity index (χ3n) is 1.07. The minimum absolute atomic E-state index is 0.288. The van der Waals surface area contributed by atoms with E-state index in [-0.39, 0.29) is 5.69 Å². The zero-order valence-corrected chi connectivity index (χ0v) is 5.59. The van der Waals surface area contributed by atoms with E-state index in [0.29, 0.717) is 5.82 Å². The Morgan fingerprint density at radius 3 is 2.90 bits per heavy atom. The molecule has 0 radical (unpaired) electrons. The molecule has 0 bridgehead atoms. The van der Waals surface area contributed by atoms with Gasteiger partial charge in [-0.15, -0.1) is 0 Å². The number of aromatic nitrogens is 2. The maximum Gasteiger partial charge on any atom is 0.294 e. The summed E-state index contributed by atoms with van der Waals surface area (Å²) < 4.78 is 0. The monoisotopic (exact) mass is 138 g/mol. The lowest BCUT2D eigenvalue weighted by Gasteiger charge is -1.84. The molecule has 1 heterocycles. The number of nitrogens with one attached hydrogen (secondary N) is 1. The summed E-state index contributed by atoms with van der Waals surface area (Å²) in [5.74, 6) is 0.174. The molecule has 0 aliphatic rings. The van der Waals surface area contributed by atoms with E-state index < -0.39 is 5.91 Å². The Morgan fingerprint density at radius 2 is 2.50 bits per heavy atom. The van der Waals surface area contributed by atoms with Crippen LogP contribution in [-0.4, -0.2) is 10.9 Å². The van der Waals surface area contributed by atoms with Gasteiger partial charge in [0.1, 0.15) is 0 Å². The molecule has 10 heavy (non-hydrogen) atoms. The number of primary amides is 1. The van der Waals surface area contributed by atoms with Gasteiger partial charge in [-0.25, -0.2) is 4.98 Å². The van der Waals surface area contributed by atoms with Crippen LogP contribution in [0.4, 0.5) is 0 Å². The first-order chi connectivity index (χ1) is 4.70. The van der Waals surface area contributed by atoms with E-state index >= 15 is 0 Å². The van der Waals surface area contributed by atoms with Crippen molar-refractivity contribution in [3.63, 3.8) is 0 Å². The number of aryl methyl sites for hydroxylation is 1. The highest BCUT2D eigenvalue weighted by Gasteiger charge is 2.08. The lowest BCUT2D eigenvalue weighted by Crippen LogP contribution is -2.18. The summed E-state index contributed by atoms with van der Waals surface area (Å²) in [7, 11) is 0. The van der Waals surface area contributed by atoms with Crippen LogP contribution in [0.2, 0.25) is 0 Å². The van der Waals surface area contributed by atoms with Crippen molar-refractivity contribution in [1.29, 1.82) is 0 Å². The molecular weight excluding hydrogens is 130 g/mol. The third-order valence-corrected chi connectivity index (χ3v) is 1.07. The predicted octanol–water partition coefficient (Wildman–Crippen LogP) is -0.697. The van der Waals surface area contributed by atoms with Crippen molar-refractivity contribution in [3.8, 4) is 0 Å². The van der Waals surface area contributed by atoms with Crippen molar-refractivity contribution in [3.05, 3.63) is 23.8 Å². The summed E-state index contributed by atoms with van der Waals surface area (Å²) in [5, 5.41) is 0. The van der Waals surface area contributed by atoms with Gasteiger partial charge in [-0.1, -0.05) is 0 Å². The summed E-state index contributed by atoms with van der Waals surface area (Å²) in [6.45, 7) is 1.76. The van der Waals surface area contributed by atoms with Crippen molar-refractivity contribution in [2.24, 2.45) is 5.73 Å². The number of nitrogens with zero attached hydrogens (tertiary/aromatic N) is 1. The molecule has 1 aromatic heterocycles. The number of carbonyl (C=O) groups excluding carboxylic acids is 1. The summed E-state index contributed by atoms with van der Waals surface area (Å²) in [4.78, 5) is 17.1. The smallest absolute Gasteiger partial charge is 0.294 e. The van der Waals surface area contributed by atoms with E-state index in [1.807, 2.05) is 0 Å². The van der Waals surface area contributed by atoms with Crippen molar-refractivity contribution in [2.75, 3.05) is 0 Å². The van der Waals surface area contributed by atoms with Gasteiger partial charge in [-0.2, -0.15) is 0 Å². The van der Waals surface area contributed by atoms with Crippen LogP contribution in [0.1, 0.15) is 16.3 Å². The van der Waals surface area contributed by atoms with Crippen LogP contribution < -0.4 is 10.7 Å². The Kier molecular flexibility index (Phi) is 1.62. The van der Waals surface area contributed by atoms with Crippen LogP contribution in [0.3, 0.4) is 0 Å².